The molecule has 88 valence electrons. The molecular formula is C11H13N5O. The van der Waals surface area contributed by atoms with E-state index >= 15 is 0 Å². The van der Waals surface area contributed by atoms with Gasteiger partial charge in [0.15, 0.2) is 0 Å². The van der Waals surface area contributed by atoms with E-state index in [-0.39, 0.29) is 12.5 Å². The van der Waals surface area contributed by atoms with Crippen LogP contribution in [-0.2, 0) is 4.79 Å². The van der Waals surface area contributed by atoms with Crippen LogP contribution in [0.25, 0.3) is 5.69 Å². The van der Waals surface area contributed by atoms with Crippen molar-refractivity contribution in [3.63, 3.8) is 0 Å². The Hall–Kier alpha value is -2.21. The number of amides is 1. The van der Waals surface area contributed by atoms with E-state index < -0.39 is 0 Å². The first kappa shape index (κ1) is 11.3. The summed E-state index contributed by atoms with van der Waals surface area (Å²) in [5, 5.41) is 9.64. The number of nitrogens with zero attached hydrogens (tertiary/aromatic N) is 3. The van der Waals surface area contributed by atoms with Crippen molar-refractivity contribution in [2.45, 2.75) is 0 Å². The Morgan fingerprint density at radius 1 is 1.41 bits per heavy atom. The minimum Gasteiger partial charge on any atom is -0.323 e. The summed E-state index contributed by atoms with van der Waals surface area (Å²) < 4.78 is 1.61. The lowest BCUT2D eigenvalue weighted by molar-refractivity contribution is -0.115. The third-order valence-corrected chi connectivity index (χ3v) is 2.18. The Morgan fingerprint density at radius 2 is 2.24 bits per heavy atom. The number of carbonyl (C=O) groups is 1. The van der Waals surface area contributed by atoms with E-state index in [1.807, 2.05) is 24.3 Å². The maximum atomic E-state index is 11.5. The number of nitrogens with one attached hydrogen (secondary N) is 2. The van der Waals surface area contributed by atoms with Crippen molar-refractivity contribution in [2.24, 2.45) is 0 Å². The second-order valence-corrected chi connectivity index (χ2v) is 3.44. The molecular weight excluding hydrogens is 218 g/mol. The lowest BCUT2D eigenvalue weighted by atomic mass is 10.2. The smallest absolute Gasteiger partial charge is 0.238 e. The van der Waals surface area contributed by atoms with E-state index in [2.05, 4.69) is 20.7 Å². The van der Waals surface area contributed by atoms with Gasteiger partial charge >= 0.3 is 0 Å². The lowest BCUT2D eigenvalue weighted by Gasteiger charge is -2.10. The zero-order chi connectivity index (χ0) is 12.1. The van der Waals surface area contributed by atoms with Gasteiger partial charge < -0.3 is 10.6 Å². The summed E-state index contributed by atoms with van der Waals surface area (Å²) >= 11 is 0. The number of hydrogen-bond acceptors (Lipinski definition) is 4. The fourth-order valence-corrected chi connectivity index (χ4v) is 1.47. The highest BCUT2D eigenvalue weighted by atomic mass is 16.1. The lowest BCUT2D eigenvalue weighted by Crippen LogP contribution is -2.25. The van der Waals surface area contributed by atoms with Gasteiger partial charge in [0, 0.05) is 0 Å². The summed E-state index contributed by atoms with van der Waals surface area (Å²) in [6, 6.07) is 7.42. The second kappa shape index (κ2) is 5.22. The largest absolute Gasteiger partial charge is 0.323 e. The number of anilines is 1. The zero-order valence-electron chi connectivity index (χ0n) is 9.42. The van der Waals surface area contributed by atoms with Crippen LogP contribution < -0.4 is 10.6 Å². The van der Waals surface area contributed by atoms with Crippen molar-refractivity contribution in [1.29, 1.82) is 0 Å². The van der Waals surface area contributed by atoms with Crippen molar-refractivity contribution >= 4 is 11.6 Å². The van der Waals surface area contributed by atoms with E-state index in [0.717, 1.165) is 5.69 Å². The molecule has 0 saturated heterocycles. The van der Waals surface area contributed by atoms with Gasteiger partial charge in [-0.25, -0.2) is 9.67 Å². The van der Waals surface area contributed by atoms with Crippen molar-refractivity contribution < 1.29 is 4.79 Å². The average Bonchev–Trinajstić information content (AvgIpc) is 2.83. The molecule has 2 N–H and O–H groups in total. The molecule has 2 rings (SSSR count). The minimum atomic E-state index is -0.0972. The fourth-order valence-electron chi connectivity index (χ4n) is 1.47. The highest BCUT2D eigenvalue weighted by molar-refractivity contribution is 5.94. The molecule has 17 heavy (non-hydrogen) atoms. The van der Waals surface area contributed by atoms with Crippen LogP contribution in [0.1, 0.15) is 0 Å². The third kappa shape index (κ3) is 2.67. The Kier molecular flexibility index (Phi) is 3.46. The van der Waals surface area contributed by atoms with Crippen molar-refractivity contribution in [1.82, 2.24) is 20.1 Å². The van der Waals surface area contributed by atoms with E-state index in [1.54, 1.807) is 18.1 Å². The summed E-state index contributed by atoms with van der Waals surface area (Å²) in [7, 11) is 1.73. The molecule has 0 aliphatic carbocycles. The van der Waals surface area contributed by atoms with Gasteiger partial charge in [0.05, 0.1) is 17.9 Å². The van der Waals surface area contributed by atoms with Crippen LogP contribution >= 0.6 is 0 Å². The molecule has 0 bridgehead atoms. The van der Waals surface area contributed by atoms with Crippen LogP contribution in [0.15, 0.2) is 36.9 Å². The molecule has 0 atom stereocenters. The number of para-hydroxylation sites is 2. The molecule has 2 aromatic rings. The molecule has 0 unspecified atom stereocenters. The van der Waals surface area contributed by atoms with Crippen LogP contribution in [0.4, 0.5) is 5.69 Å². The van der Waals surface area contributed by atoms with Gasteiger partial charge in [-0.2, -0.15) is 5.10 Å². The predicted octanol–water partition coefficient (Wildman–Crippen LogP) is 0.425. The second-order valence-electron chi connectivity index (χ2n) is 3.44. The minimum absolute atomic E-state index is 0.0972. The van der Waals surface area contributed by atoms with E-state index in [9.17, 15) is 4.79 Å². The van der Waals surface area contributed by atoms with Gasteiger partial charge in [0.25, 0.3) is 0 Å². The van der Waals surface area contributed by atoms with Gasteiger partial charge in [0.1, 0.15) is 12.7 Å². The van der Waals surface area contributed by atoms with Crippen LogP contribution in [0.3, 0.4) is 0 Å². The standard InChI is InChI=1S/C11H13N5O/c1-12-6-11(17)15-9-4-2-3-5-10(9)16-8-13-7-14-16/h2-5,7-8,12H,6H2,1H3,(H,15,17). The summed E-state index contributed by atoms with van der Waals surface area (Å²) in [4.78, 5) is 15.4. The van der Waals surface area contributed by atoms with E-state index in [0.29, 0.717) is 5.69 Å². The van der Waals surface area contributed by atoms with Gasteiger partial charge in [0.2, 0.25) is 5.91 Å². The number of rotatable bonds is 4. The SMILES string of the molecule is CNCC(=O)Nc1ccccc1-n1cncn1. The molecule has 0 aliphatic heterocycles. The predicted molar refractivity (Wildman–Crippen MR) is 63.9 cm³/mol. The molecule has 1 aromatic carbocycles. The number of aromatic nitrogens is 3. The third-order valence-electron chi connectivity index (χ3n) is 2.18. The van der Waals surface area contributed by atoms with Crippen LogP contribution in [0.2, 0.25) is 0 Å². The average molecular weight is 231 g/mol. The van der Waals surface area contributed by atoms with Crippen LogP contribution in [0, 0.1) is 0 Å². The Labute approximate surface area is 98.7 Å². The zero-order valence-corrected chi connectivity index (χ0v) is 9.42. The quantitative estimate of drug-likeness (QED) is 0.800. The van der Waals surface area contributed by atoms with Crippen molar-refractivity contribution in [3.8, 4) is 5.69 Å². The van der Waals surface area contributed by atoms with Crippen molar-refractivity contribution in [2.75, 3.05) is 18.9 Å². The van der Waals surface area contributed by atoms with E-state index in [1.165, 1.54) is 6.33 Å². The monoisotopic (exact) mass is 231 g/mol. The number of likely N-dealkylation sites (N-methyl/N-ethyl adjacent to an activating group) is 1. The van der Waals surface area contributed by atoms with Crippen LogP contribution in [-0.4, -0.2) is 34.3 Å². The summed E-state index contributed by atoms with van der Waals surface area (Å²) in [6.07, 6.45) is 3.04. The Bertz CT molecular complexity index is 494. The number of benzene rings is 1. The topological polar surface area (TPSA) is 71.8 Å². The first-order valence-corrected chi connectivity index (χ1v) is 5.19. The van der Waals surface area contributed by atoms with Crippen molar-refractivity contribution in [3.05, 3.63) is 36.9 Å². The molecule has 0 radical (unpaired) electrons. The first-order chi connectivity index (χ1) is 8.31. The molecule has 1 amide bonds. The number of carbonyl (C=O) groups excluding carboxylic acids is 1. The molecule has 0 saturated carbocycles. The van der Waals surface area contributed by atoms with Gasteiger partial charge in [-0.3, -0.25) is 4.79 Å². The maximum absolute atomic E-state index is 11.5. The maximum Gasteiger partial charge on any atom is 0.238 e. The molecule has 0 spiro atoms. The summed E-state index contributed by atoms with van der Waals surface area (Å²) in [5.74, 6) is -0.0972. The molecule has 6 nitrogen and oxygen atoms in total. The summed E-state index contributed by atoms with van der Waals surface area (Å²) in [6.45, 7) is 0.270. The fraction of sp³-hybridized carbons (Fsp3) is 0.182. The van der Waals surface area contributed by atoms with Gasteiger partial charge in [-0.05, 0) is 19.2 Å². The normalized spacial score (nSPS) is 10.2. The molecule has 1 aromatic heterocycles. The molecule has 1 heterocycles. The molecule has 0 fully saturated rings. The molecule has 6 heteroatoms. The highest BCUT2D eigenvalue weighted by Gasteiger charge is 2.07. The van der Waals surface area contributed by atoms with Crippen LogP contribution in [0.5, 0.6) is 0 Å². The first-order valence-electron chi connectivity index (χ1n) is 5.19. The Morgan fingerprint density at radius 3 is 2.94 bits per heavy atom. The van der Waals surface area contributed by atoms with Gasteiger partial charge in [-0.1, -0.05) is 12.1 Å². The summed E-state index contributed by atoms with van der Waals surface area (Å²) in [5.41, 5.74) is 1.49. The molecule has 0 aliphatic rings. The number of hydrogen-bond donors (Lipinski definition) is 2. The Balaban J connectivity index is 2.25. The van der Waals surface area contributed by atoms with E-state index in [4.69, 9.17) is 0 Å². The van der Waals surface area contributed by atoms with Gasteiger partial charge in [-0.15, -0.1) is 0 Å². The highest BCUT2D eigenvalue weighted by Crippen LogP contribution is 2.18.